The molecule has 136 valence electrons. The molecule has 0 unspecified atom stereocenters. The summed E-state index contributed by atoms with van der Waals surface area (Å²) in [5, 5.41) is 9.45. The molecule has 0 saturated carbocycles. The lowest BCUT2D eigenvalue weighted by Crippen LogP contribution is -2.54. The molecular formula is C20H34N2O2. The third-order valence-corrected chi connectivity index (χ3v) is 4.47. The summed E-state index contributed by atoms with van der Waals surface area (Å²) >= 11 is 0. The van der Waals surface area contributed by atoms with Gasteiger partial charge in [-0.2, -0.15) is 0 Å². The molecule has 1 aliphatic rings. The highest BCUT2D eigenvalue weighted by molar-refractivity contribution is 5.27. The van der Waals surface area contributed by atoms with Crippen molar-refractivity contribution in [1.82, 2.24) is 9.80 Å². The van der Waals surface area contributed by atoms with Crippen LogP contribution in [0.4, 0.5) is 0 Å². The average molecular weight is 335 g/mol. The van der Waals surface area contributed by atoms with E-state index in [2.05, 4.69) is 54.8 Å². The molecular weight excluding hydrogens is 300 g/mol. The third-order valence-electron chi connectivity index (χ3n) is 4.47. The molecule has 0 amide bonds. The maximum absolute atomic E-state index is 9.45. The van der Waals surface area contributed by atoms with E-state index in [1.807, 2.05) is 6.92 Å². The van der Waals surface area contributed by atoms with Gasteiger partial charge in [0.1, 0.15) is 5.75 Å². The average Bonchev–Trinajstić information content (AvgIpc) is 2.51. The first-order chi connectivity index (χ1) is 11.4. The Morgan fingerprint density at radius 3 is 2.46 bits per heavy atom. The van der Waals surface area contributed by atoms with Crippen LogP contribution < -0.4 is 4.74 Å². The fourth-order valence-corrected chi connectivity index (χ4v) is 3.49. The van der Waals surface area contributed by atoms with Crippen molar-refractivity contribution < 1.29 is 9.84 Å². The van der Waals surface area contributed by atoms with Crippen LogP contribution in [0.2, 0.25) is 0 Å². The number of benzene rings is 1. The SMILES string of the molecule is CCOc1ccc(CN2CCN(CC(C)(C)C)C[C@@H]2CCO)cc1. The van der Waals surface area contributed by atoms with E-state index in [-0.39, 0.29) is 6.61 Å². The molecule has 0 aliphatic carbocycles. The van der Waals surface area contributed by atoms with Gasteiger partial charge in [-0.15, -0.1) is 0 Å². The number of ether oxygens (including phenoxy) is 1. The van der Waals surface area contributed by atoms with Crippen LogP contribution in [0.15, 0.2) is 24.3 Å². The van der Waals surface area contributed by atoms with Gasteiger partial charge in [0.15, 0.2) is 0 Å². The standard InChI is InChI=1S/C20H34N2O2/c1-5-24-19-8-6-17(7-9-19)14-22-12-11-21(16-20(2,3)4)15-18(22)10-13-23/h6-9,18,23H,5,10-16H2,1-4H3/t18-/m0/s1. The molecule has 4 heteroatoms. The van der Waals surface area contributed by atoms with Gasteiger partial charge in [-0.05, 0) is 36.5 Å². The fourth-order valence-electron chi connectivity index (χ4n) is 3.49. The normalized spacial score (nSPS) is 20.3. The number of aliphatic hydroxyl groups is 1. The van der Waals surface area contributed by atoms with E-state index in [0.29, 0.717) is 18.1 Å². The fraction of sp³-hybridized carbons (Fsp3) is 0.700. The number of piperazine rings is 1. The summed E-state index contributed by atoms with van der Waals surface area (Å²) in [7, 11) is 0. The van der Waals surface area contributed by atoms with Crippen molar-refractivity contribution >= 4 is 0 Å². The van der Waals surface area contributed by atoms with Crippen LogP contribution in [0.1, 0.15) is 39.7 Å². The van der Waals surface area contributed by atoms with E-state index < -0.39 is 0 Å². The third kappa shape index (κ3) is 6.08. The summed E-state index contributed by atoms with van der Waals surface area (Å²) in [6, 6.07) is 8.84. The summed E-state index contributed by atoms with van der Waals surface area (Å²) in [5.74, 6) is 0.933. The molecule has 1 heterocycles. The molecule has 24 heavy (non-hydrogen) atoms. The quantitative estimate of drug-likeness (QED) is 0.831. The second-order valence-corrected chi connectivity index (χ2v) is 8.01. The maximum atomic E-state index is 9.45. The number of hydrogen-bond donors (Lipinski definition) is 1. The predicted molar refractivity (Wildman–Crippen MR) is 99.4 cm³/mol. The van der Waals surface area contributed by atoms with E-state index >= 15 is 0 Å². The monoisotopic (exact) mass is 334 g/mol. The molecule has 0 spiro atoms. The van der Waals surface area contributed by atoms with Gasteiger partial charge < -0.3 is 9.84 Å². The Labute approximate surface area is 147 Å². The van der Waals surface area contributed by atoms with Crippen LogP contribution in [0, 0.1) is 5.41 Å². The lowest BCUT2D eigenvalue weighted by atomic mass is 9.95. The lowest BCUT2D eigenvalue weighted by molar-refractivity contribution is 0.0382. The van der Waals surface area contributed by atoms with Crippen LogP contribution in [0.3, 0.4) is 0 Å². The number of hydrogen-bond acceptors (Lipinski definition) is 4. The van der Waals surface area contributed by atoms with Crippen LogP contribution in [-0.2, 0) is 6.54 Å². The Morgan fingerprint density at radius 2 is 1.88 bits per heavy atom. The molecule has 1 aliphatic heterocycles. The van der Waals surface area contributed by atoms with Crippen molar-refractivity contribution in [2.45, 2.75) is 46.7 Å². The minimum atomic E-state index is 0.258. The number of nitrogens with zero attached hydrogens (tertiary/aromatic N) is 2. The topological polar surface area (TPSA) is 35.9 Å². The first-order valence-corrected chi connectivity index (χ1v) is 9.20. The van der Waals surface area contributed by atoms with Crippen LogP contribution in [0.5, 0.6) is 5.75 Å². The highest BCUT2D eigenvalue weighted by atomic mass is 16.5. The predicted octanol–water partition coefficient (Wildman–Crippen LogP) is 3.00. The van der Waals surface area contributed by atoms with Crippen molar-refractivity contribution in [3.05, 3.63) is 29.8 Å². The highest BCUT2D eigenvalue weighted by Gasteiger charge is 2.28. The second-order valence-electron chi connectivity index (χ2n) is 8.01. The van der Waals surface area contributed by atoms with Gasteiger partial charge >= 0.3 is 0 Å². The number of rotatable bonds is 7. The van der Waals surface area contributed by atoms with Crippen molar-refractivity contribution in [3.8, 4) is 5.75 Å². The summed E-state index contributed by atoms with van der Waals surface area (Å²) in [4.78, 5) is 5.07. The molecule has 4 nitrogen and oxygen atoms in total. The van der Waals surface area contributed by atoms with E-state index in [4.69, 9.17) is 4.74 Å². The second kappa shape index (κ2) is 8.84. The lowest BCUT2D eigenvalue weighted by Gasteiger charge is -2.43. The molecule has 0 bridgehead atoms. The Kier molecular flexibility index (Phi) is 7.08. The van der Waals surface area contributed by atoms with Crippen molar-refractivity contribution in [2.24, 2.45) is 5.41 Å². The summed E-state index contributed by atoms with van der Waals surface area (Å²) < 4.78 is 5.52. The summed E-state index contributed by atoms with van der Waals surface area (Å²) in [6.07, 6.45) is 0.845. The van der Waals surface area contributed by atoms with Crippen LogP contribution >= 0.6 is 0 Å². The minimum Gasteiger partial charge on any atom is -0.494 e. The van der Waals surface area contributed by atoms with Gasteiger partial charge in [-0.1, -0.05) is 32.9 Å². The summed E-state index contributed by atoms with van der Waals surface area (Å²) in [5.41, 5.74) is 1.63. The molecule has 1 aromatic carbocycles. The van der Waals surface area contributed by atoms with Gasteiger partial charge in [0.05, 0.1) is 6.61 Å². The molecule has 2 rings (SSSR count). The van der Waals surface area contributed by atoms with Gasteiger partial charge in [0.2, 0.25) is 0 Å². The van der Waals surface area contributed by atoms with E-state index in [1.165, 1.54) is 5.56 Å². The van der Waals surface area contributed by atoms with Gasteiger partial charge in [0, 0.05) is 45.4 Å². The van der Waals surface area contributed by atoms with Gasteiger partial charge in [0.25, 0.3) is 0 Å². The van der Waals surface area contributed by atoms with E-state index in [1.54, 1.807) is 0 Å². The van der Waals surface area contributed by atoms with Crippen molar-refractivity contribution in [3.63, 3.8) is 0 Å². The molecule has 1 aromatic rings. The molecule has 0 radical (unpaired) electrons. The molecule has 0 aromatic heterocycles. The maximum Gasteiger partial charge on any atom is 0.119 e. The number of aliphatic hydroxyl groups excluding tert-OH is 1. The molecule has 1 atom stereocenters. The first-order valence-electron chi connectivity index (χ1n) is 9.20. The van der Waals surface area contributed by atoms with E-state index in [0.717, 1.165) is 44.9 Å². The largest absolute Gasteiger partial charge is 0.494 e. The highest BCUT2D eigenvalue weighted by Crippen LogP contribution is 2.22. The van der Waals surface area contributed by atoms with Crippen molar-refractivity contribution in [1.29, 1.82) is 0 Å². The molecule has 1 fully saturated rings. The van der Waals surface area contributed by atoms with Gasteiger partial charge in [-0.3, -0.25) is 9.80 Å². The Morgan fingerprint density at radius 1 is 1.17 bits per heavy atom. The zero-order valence-electron chi connectivity index (χ0n) is 15.8. The van der Waals surface area contributed by atoms with Crippen LogP contribution in [-0.4, -0.2) is 60.3 Å². The van der Waals surface area contributed by atoms with Gasteiger partial charge in [-0.25, -0.2) is 0 Å². The Balaban J connectivity index is 1.96. The Hall–Kier alpha value is -1.10. The zero-order chi connectivity index (χ0) is 17.6. The smallest absolute Gasteiger partial charge is 0.119 e. The zero-order valence-corrected chi connectivity index (χ0v) is 15.8. The van der Waals surface area contributed by atoms with Crippen LogP contribution in [0.25, 0.3) is 0 Å². The first kappa shape index (κ1) is 19.2. The van der Waals surface area contributed by atoms with E-state index in [9.17, 15) is 5.11 Å². The Bertz CT molecular complexity index is 481. The minimum absolute atomic E-state index is 0.258. The summed E-state index contributed by atoms with van der Waals surface area (Å²) in [6.45, 7) is 15.1. The van der Waals surface area contributed by atoms with Crippen molar-refractivity contribution in [2.75, 3.05) is 39.4 Å². The molecule has 1 saturated heterocycles. The molecule has 1 N–H and O–H groups in total.